The van der Waals surface area contributed by atoms with Gasteiger partial charge in [-0.05, 0) is 25.6 Å². The number of carbonyl (C=O) groups excluding carboxylic acids is 2. The summed E-state index contributed by atoms with van der Waals surface area (Å²) in [6, 6.07) is 2.92. The Hall–Kier alpha value is -2.46. The molecule has 0 aliphatic heterocycles. The molecule has 0 aromatic heterocycles. The normalized spacial score (nSPS) is 10.4. The van der Waals surface area contributed by atoms with Gasteiger partial charge in [-0.1, -0.05) is 0 Å². The lowest BCUT2D eigenvalue weighted by Gasteiger charge is -2.20. The predicted molar refractivity (Wildman–Crippen MR) is 85.8 cm³/mol. The van der Waals surface area contributed by atoms with Gasteiger partial charge < -0.3 is 19.2 Å². The molecule has 0 fully saturated rings. The first-order valence-electron chi connectivity index (χ1n) is 6.48. The number of methoxy groups -OCH3 is 2. The fourth-order valence-electron chi connectivity index (χ4n) is 1.64. The summed E-state index contributed by atoms with van der Waals surface area (Å²) >= 11 is 0. The molecule has 0 aliphatic carbocycles. The minimum absolute atomic E-state index is 0.156. The second kappa shape index (κ2) is 7.00. The maximum absolute atomic E-state index is 12.3. The minimum atomic E-state index is -2.10. The number of hydrogen-bond donors (Lipinski definition) is 1. The Balaban J connectivity index is 3.35. The summed E-state index contributed by atoms with van der Waals surface area (Å²) in [6.07, 6.45) is 5.05. The fourth-order valence-corrected chi connectivity index (χ4v) is 2.31. The van der Waals surface area contributed by atoms with Crippen LogP contribution in [0.15, 0.2) is 12.1 Å². The Morgan fingerprint density at radius 3 is 2.14 bits per heavy atom. The lowest BCUT2D eigenvalue weighted by Crippen LogP contribution is -2.29. The van der Waals surface area contributed by atoms with Crippen molar-refractivity contribution in [3.05, 3.63) is 17.7 Å². The average molecular weight is 321 g/mol. The van der Waals surface area contributed by atoms with Crippen LogP contribution in [0, 0.1) is 12.3 Å². The molecule has 1 N–H and O–H groups in total. The predicted octanol–water partition coefficient (Wildman–Crippen LogP) is 2.27. The second-order valence-corrected chi connectivity index (χ2v) is 9.78. The molecule has 7 heteroatoms. The number of carbonyl (C=O) groups is 2. The summed E-state index contributed by atoms with van der Waals surface area (Å²) in [5, 5.41) is 2.46. The van der Waals surface area contributed by atoms with Gasteiger partial charge in [0.1, 0.15) is 0 Å². The zero-order valence-corrected chi connectivity index (χ0v) is 14.3. The molecule has 6 nitrogen and oxygen atoms in total. The number of benzene rings is 1. The third kappa shape index (κ3) is 4.53. The topological polar surface area (TPSA) is 73.9 Å². The van der Waals surface area contributed by atoms with Crippen molar-refractivity contribution < 1.29 is 23.5 Å². The highest BCUT2D eigenvalue weighted by molar-refractivity contribution is 6.71. The molecule has 0 atom stereocenters. The van der Waals surface area contributed by atoms with E-state index in [1.165, 1.54) is 26.4 Å². The molecule has 1 aromatic rings. The van der Waals surface area contributed by atoms with E-state index in [-0.39, 0.29) is 11.3 Å². The van der Waals surface area contributed by atoms with Gasteiger partial charge in [0, 0.05) is 12.1 Å². The maximum Gasteiger partial charge on any atom is 0.327 e. The van der Waals surface area contributed by atoms with Crippen molar-refractivity contribution in [1.82, 2.24) is 0 Å². The van der Waals surface area contributed by atoms with Crippen molar-refractivity contribution in [3.63, 3.8) is 0 Å². The third-order valence-corrected chi connectivity index (χ3v) is 3.32. The van der Waals surface area contributed by atoms with Crippen LogP contribution < -0.4 is 14.8 Å². The Bertz CT molecular complexity index is 628. The number of nitrogens with one attached hydrogen (secondary N) is 1. The minimum Gasteiger partial charge on any atom is -0.516 e. The lowest BCUT2D eigenvalue weighted by molar-refractivity contribution is -0.111. The van der Waals surface area contributed by atoms with Gasteiger partial charge >= 0.3 is 5.97 Å². The van der Waals surface area contributed by atoms with Crippen molar-refractivity contribution >= 4 is 25.9 Å². The summed E-state index contributed by atoms with van der Waals surface area (Å²) < 4.78 is 15.8. The van der Waals surface area contributed by atoms with Gasteiger partial charge in [0.2, 0.25) is 8.32 Å². The van der Waals surface area contributed by atoms with Crippen LogP contribution in [0.3, 0.4) is 0 Å². The Kier molecular flexibility index (Phi) is 5.60. The molecule has 22 heavy (non-hydrogen) atoms. The van der Waals surface area contributed by atoms with Gasteiger partial charge in [-0.15, -0.1) is 6.42 Å². The summed E-state index contributed by atoms with van der Waals surface area (Å²) in [6.45, 7) is 5.64. The van der Waals surface area contributed by atoms with Gasteiger partial charge in [0.05, 0.1) is 25.5 Å². The van der Waals surface area contributed by atoms with E-state index in [0.717, 1.165) is 0 Å². The van der Waals surface area contributed by atoms with Crippen molar-refractivity contribution in [2.45, 2.75) is 19.6 Å². The summed E-state index contributed by atoms with van der Waals surface area (Å²) in [5.41, 5.74) is 0.368. The summed E-state index contributed by atoms with van der Waals surface area (Å²) in [4.78, 5) is 23.8. The van der Waals surface area contributed by atoms with Gasteiger partial charge in [0.25, 0.3) is 5.91 Å². The third-order valence-electron chi connectivity index (χ3n) is 2.52. The van der Waals surface area contributed by atoms with Crippen LogP contribution >= 0.6 is 0 Å². The SMILES string of the molecule is C#CC(=O)Nc1cc(OC)c(OC)cc1C(=O)O[Si](C)(C)C. The first-order valence-corrected chi connectivity index (χ1v) is 9.89. The zero-order valence-electron chi connectivity index (χ0n) is 13.3. The molecule has 0 spiro atoms. The van der Waals surface area contributed by atoms with Crippen LogP contribution in [0.25, 0.3) is 0 Å². The van der Waals surface area contributed by atoms with E-state index in [1.807, 2.05) is 25.6 Å². The van der Waals surface area contributed by atoms with Gasteiger partial charge in [-0.3, -0.25) is 4.79 Å². The molecule has 0 radical (unpaired) electrons. The van der Waals surface area contributed by atoms with E-state index < -0.39 is 20.2 Å². The Morgan fingerprint density at radius 1 is 1.14 bits per heavy atom. The monoisotopic (exact) mass is 321 g/mol. The van der Waals surface area contributed by atoms with E-state index >= 15 is 0 Å². The quantitative estimate of drug-likeness (QED) is 0.665. The van der Waals surface area contributed by atoms with E-state index in [4.69, 9.17) is 20.3 Å². The Morgan fingerprint density at radius 2 is 1.68 bits per heavy atom. The van der Waals surface area contributed by atoms with E-state index in [9.17, 15) is 9.59 Å². The lowest BCUT2D eigenvalue weighted by atomic mass is 10.1. The van der Waals surface area contributed by atoms with Crippen molar-refractivity contribution in [2.75, 3.05) is 19.5 Å². The van der Waals surface area contributed by atoms with Crippen LogP contribution in [0.2, 0.25) is 19.6 Å². The molecule has 1 aromatic carbocycles. The molecule has 0 unspecified atom stereocenters. The molecule has 0 heterocycles. The number of rotatable bonds is 5. The molecule has 1 amide bonds. The molecule has 0 saturated carbocycles. The average Bonchev–Trinajstić information content (AvgIpc) is 2.44. The molecule has 0 aliphatic rings. The van der Waals surface area contributed by atoms with Crippen LogP contribution in [-0.4, -0.2) is 34.4 Å². The molecule has 1 rings (SSSR count). The molecular weight excluding hydrogens is 302 g/mol. The van der Waals surface area contributed by atoms with Crippen molar-refractivity contribution in [3.8, 4) is 23.8 Å². The molecule has 0 bridgehead atoms. The van der Waals surface area contributed by atoms with E-state index in [2.05, 4.69) is 5.32 Å². The van der Waals surface area contributed by atoms with Crippen molar-refractivity contribution in [1.29, 1.82) is 0 Å². The summed E-state index contributed by atoms with van der Waals surface area (Å²) in [7, 11) is 0.800. The highest BCUT2D eigenvalue weighted by Gasteiger charge is 2.25. The standard InChI is InChI=1S/C15H19NO5Si/c1-7-14(17)16-11-9-13(20-3)12(19-2)8-10(11)15(18)21-22(4,5)6/h1,8-9H,2-6H3,(H,16,17). The molecule has 118 valence electrons. The number of amides is 1. The molecular formula is C15H19NO5Si. The number of ether oxygens (including phenoxy) is 2. The highest BCUT2D eigenvalue weighted by atomic mass is 28.4. The number of hydrogen-bond acceptors (Lipinski definition) is 5. The van der Waals surface area contributed by atoms with Crippen LogP contribution in [-0.2, 0) is 9.22 Å². The van der Waals surface area contributed by atoms with Crippen LogP contribution in [0.4, 0.5) is 5.69 Å². The smallest absolute Gasteiger partial charge is 0.327 e. The first-order chi connectivity index (χ1) is 10.2. The molecule has 0 saturated heterocycles. The second-order valence-electron chi connectivity index (χ2n) is 5.35. The number of terminal acetylenes is 1. The summed E-state index contributed by atoms with van der Waals surface area (Å²) in [5.74, 6) is 1.42. The number of anilines is 1. The maximum atomic E-state index is 12.3. The van der Waals surface area contributed by atoms with Gasteiger partial charge in [0.15, 0.2) is 11.5 Å². The fraction of sp³-hybridized carbons (Fsp3) is 0.333. The Labute approximate surface area is 130 Å². The zero-order chi connectivity index (χ0) is 16.9. The van der Waals surface area contributed by atoms with Gasteiger partial charge in [-0.2, -0.15) is 0 Å². The van der Waals surface area contributed by atoms with E-state index in [1.54, 1.807) is 0 Å². The van der Waals surface area contributed by atoms with Crippen LogP contribution in [0.1, 0.15) is 10.4 Å². The largest absolute Gasteiger partial charge is 0.516 e. The van der Waals surface area contributed by atoms with Gasteiger partial charge in [-0.25, -0.2) is 4.79 Å². The van der Waals surface area contributed by atoms with Crippen LogP contribution in [0.5, 0.6) is 11.5 Å². The van der Waals surface area contributed by atoms with Crippen molar-refractivity contribution in [2.24, 2.45) is 0 Å². The highest BCUT2D eigenvalue weighted by Crippen LogP contribution is 2.34. The first kappa shape index (κ1) is 17.6. The van der Waals surface area contributed by atoms with E-state index in [0.29, 0.717) is 11.5 Å².